The minimum absolute atomic E-state index is 0.143. The molecule has 0 atom stereocenters. The lowest BCUT2D eigenvalue weighted by molar-refractivity contribution is 0.0784. The maximum atomic E-state index is 12.7. The number of benzene rings is 3. The van der Waals surface area contributed by atoms with Crippen LogP contribution in [0.4, 0.5) is 0 Å². The normalized spacial score (nSPS) is 10.7. The van der Waals surface area contributed by atoms with Gasteiger partial charge in [0.1, 0.15) is 5.75 Å². The number of hydrogen-bond donors (Lipinski definition) is 1. The number of nitrogens with zero attached hydrogens (tertiary/aromatic N) is 3. The van der Waals surface area contributed by atoms with Crippen molar-refractivity contribution in [2.75, 3.05) is 7.05 Å². The first-order chi connectivity index (χ1) is 14.5. The van der Waals surface area contributed by atoms with E-state index in [1.54, 1.807) is 54.4 Å². The lowest BCUT2D eigenvalue weighted by Gasteiger charge is -2.18. The third-order valence-corrected chi connectivity index (χ3v) is 4.93. The predicted molar refractivity (Wildman–Crippen MR) is 114 cm³/mol. The van der Waals surface area contributed by atoms with Crippen LogP contribution in [0.1, 0.15) is 21.5 Å². The summed E-state index contributed by atoms with van der Waals surface area (Å²) in [5, 5.41) is 18.2. The fourth-order valence-corrected chi connectivity index (χ4v) is 3.21. The van der Waals surface area contributed by atoms with E-state index in [1.165, 1.54) is 0 Å². The Balaban J connectivity index is 1.50. The average Bonchev–Trinajstić information content (AvgIpc) is 3.25. The van der Waals surface area contributed by atoms with E-state index in [2.05, 4.69) is 10.2 Å². The van der Waals surface area contributed by atoms with Gasteiger partial charge in [0.05, 0.1) is 0 Å². The van der Waals surface area contributed by atoms with Crippen molar-refractivity contribution in [1.29, 1.82) is 0 Å². The number of amides is 1. The zero-order chi connectivity index (χ0) is 21.1. The molecule has 0 aliphatic rings. The van der Waals surface area contributed by atoms with Gasteiger partial charge in [0.15, 0.2) is 0 Å². The highest BCUT2D eigenvalue weighted by atomic mass is 16.4. The van der Waals surface area contributed by atoms with E-state index >= 15 is 0 Å². The highest BCUT2D eigenvalue weighted by Gasteiger charge is 2.16. The predicted octanol–water partition coefficient (Wildman–Crippen LogP) is 4.69. The molecule has 1 heterocycles. The molecule has 4 aromatic rings. The molecule has 1 aromatic heterocycles. The van der Waals surface area contributed by atoms with Gasteiger partial charge in [-0.15, -0.1) is 10.2 Å². The summed E-state index contributed by atoms with van der Waals surface area (Å²) in [6, 6.07) is 21.8. The number of phenols is 1. The van der Waals surface area contributed by atoms with E-state index in [4.69, 9.17) is 4.42 Å². The summed E-state index contributed by atoms with van der Waals surface area (Å²) in [5.74, 6) is 0.893. The standard InChI is InChI=1S/C24H21N3O3/c1-16-7-3-5-9-20(16)23-26-25-22(30-23)17-11-13-18(14-12-17)24(29)27(2)15-19-8-4-6-10-21(19)28/h3-14,28H,15H2,1-2H3. The second-order valence-corrected chi connectivity index (χ2v) is 7.09. The summed E-state index contributed by atoms with van der Waals surface area (Å²) in [4.78, 5) is 14.3. The van der Waals surface area contributed by atoms with E-state index in [0.717, 1.165) is 16.7 Å². The Morgan fingerprint density at radius 1 is 0.933 bits per heavy atom. The summed E-state index contributed by atoms with van der Waals surface area (Å²) in [6.07, 6.45) is 0. The van der Waals surface area contributed by atoms with Crippen LogP contribution in [-0.4, -0.2) is 33.2 Å². The van der Waals surface area contributed by atoms with Gasteiger partial charge in [0, 0.05) is 35.8 Å². The smallest absolute Gasteiger partial charge is 0.253 e. The summed E-state index contributed by atoms with van der Waals surface area (Å²) in [7, 11) is 1.70. The van der Waals surface area contributed by atoms with Crippen molar-refractivity contribution in [3.8, 4) is 28.7 Å². The molecule has 6 nitrogen and oxygen atoms in total. The lowest BCUT2D eigenvalue weighted by atomic mass is 10.1. The Bertz CT molecular complexity index is 1180. The van der Waals surface area contributed by atoms with E-state index < -0.39 is 0 Å². The van der Waals surface area contributed by atoms with Gasteiger partial charge < -0.3 is 14.4 Å². The van der Waals surface area contributed by atoms with E-state index in [-0.39, 0.29) is 11.7 Å². The molecule has 0 aliphatic heterocycles. The SMILES string of the molecule is Cc1ccccc1-c1nnc(-c2ccc(C(=O)N(C)Cc3ccccc3O)cc2)o1. The first-order valence-corrected chi connectivity index (χ1v) is 9.55. The molecule has 0 fully saturated rings. The van der Waals surface area contributed by atoms with Crippen LogP contribution in [0.15, 0.2) is 77.2 Å². The maximum Gasteiger partial charge on any atom is 0.253 e. The number of aryl methyl sites for hydroxylation is 1. The van der Waals surface area contributed by atoms with Crippen LogP contribution in [0.3, 0.4) is 0 Å². The topological polar surface area (TPSA) is 79.5 Å². The van der Waals surface area contributed by atoms with Gasteiger partial charge in [0.2, 0.25) is 11.8 Å². The van der Waals surface area contributed by atoms with Gasteiger partial charge in [-0.25, -0.2) is 0 Å². The third-order valence-electron chi connectivity index (χ3n) is 4.93. The van der Waals surface area contributed by atoms with Crippen molar-refractivity contribution < 1.29 is 14.3 Å². The molecule has 0 aliphatic carbocycles. The molecule has 0 bridgehead atoms. The number of aromatic nitrogens is 2. The quantitative estimate of drug-likeness (QED) is 0.527. The van der Waals surface area contributed by atoms with Crippen LogP contribution in [0.5, 0.6) is 5.75 Å². The van der Waals surface area contributed by atoms with Gasteiger partial charge in [-0.2, -0.15) is 0 Å². The molecule has 0 unspecified atom stereocenters. The molecule has 0 saturated carbocycles. The zero-order valence-corrected chi connectivity index (χ0v) is 16.7. The van der Waals surface area contributed by atoms with Gasteiger partial charge in [0.25, 0.3) is 5.91 Å². The van der Waals surface area contributed by atoms with Crippen molar-refractivity contribution in [2.24, 2.45) is 0 Å². The summed E-state index contributed by atoms with van der Waals surface area (Å²) < 4.78 is 5.83. The molecule has 0 spiro atoms. The lowest BCUT2D eigenvalue weighted by Crippen LogP contribution is -2.26. The molecule has 4 rings (SSSR count). The summed E-state index contributed by atoms with van der Waals surface area (Å²) >= 11 is 0. The molecule has 1 N–H and O–H groups in total. The van der Waals surface area contributed by atoms with Gasteiger partial charge >= 0.3 is 0 Å². The molecule has 3 aromatic carbocycles. The fraction of sp³-hybridized carbons (Fsp3) is 0.125. The molecular formula is C24H21N3O3. The molecule has 150 valence electrons. The second-order valence-electron chi connectivity index (χ2n) is 7.09. The molecule has 0 radical (unpaired) electrons. The molecule has 0 saturated heterocycles. The number of carbonyl (C=O) groups excluding carboxylic acids is 1. The highest BCUT2D eigenvalue weighted by molar-refractivity contribution is 5.94. The van der Waals surface area contributed by atoms with Crippen LogP contribution < -0.4 is 0 Å². The Labute approximate surface area is 174 Å². The molecular weight excluding hydrogens is 378 g/mol. The van der Waals surface area contributed by atoms with Gasteiger partial charge in [-0.05, 0) is 48.9 Å². The van der Waals surface area contributed by atoms with Crippen LogP contribution >= 0.6 is 0 Å². The Morgan fingerprint density at radius 3 is 2.33 bits per heavy atom. The third kappa shape index (κ3) is 3.93. The monoisotopic (exact) mass is 399 g/mol. The van der Waals surface area contributed by atoms with Crippen molar-refractivity contribution in [1.82, 2.24) is 15.1 Å². The number of carbonyl (C=O) groups is 1. The minimum atomic E-state index is -0.143. The average molecular weight is 399 g/mol. The first kappa shape index (κ1) is 19.4. The fourth-order valence-electron chi connectivity index (χ4n) is 3.21. The summed E-state index contributed by atoms with van der Waals surface area (Å²) in [5.41, 5.74) is 3.92. The van der Waals surface area contributed by atoms with Crippen LogP contribution in [0.2, 0.25) is 0 Å². The van der Waals surface area contributed by atoms with Crippen LogP contribution in [0.25, 0.3) is 22.9 Å². The molecule has 1 amide bonds. The van der Waals surface area contributed by atoms with Gasteiger partial charge in [-0.1, -0.05) is 36.4 Å². The Hall–Kier alpha value is -3.93. The largest absolute Gasteiger partial charge is 0.508 e. The second kappa shape index (κ2) is 8.21. The molecule has 6 heteroatoms. The maximum absolute atomic E-state index is 12.7. The van der Waals surface area contributed by atoms with E-state index in [1.807, 2.05) is 37.3 Å². The number of hydrogen-bond acceptors (Lipinski definition) is 5. The van der Waals surface area contributed by atoms with Crippen molar-refractivity contribution in [3.05, 3.63) is 89.5 Å². The Kier molecular flexibility index (Phi) is 5.30. The van der Waals surface area contributed by atoms with Crippen molar-refractivity contribution in [2.45, 2.75) is 13.5 Å². The molecule has 30 heavy (non-hydrogen) atoms. The number of phenolic OH excluding ortho intramolecular Hbond substituents is 1. The van der Waals surface area contributed by atoms with Gasteiger partial charge in [-0.3, -0.25) is 4.79 Å². The Morgan fingerprint density at radius 2 is 1.60 bits per heavy atom. The van der Waals surface area contributed by atoms with E-state index in [9.17, 15) is 9.90 Å². The minimum Gasteiger partial charge on any atom is -0.508 e. The van der Waals surface area contributed by atoms with Crippen LogP contribution in [0, 0.1) is 6.92 Å². The van der Waals surface area contributed by atoms with Crippen molar-refractivity contribution in [3.63, 3.8) is 0 Å². The van der Waals surface area contributed by atoms with Crippen LogP contribution in [-0.2, 0) is 6.54 Å². The first-order valence-electron chi connectivity index (χ1n) is 9.55. The van der Waals surface area contributed by atoms with Crippen molar-refractivity contribution >= 4 is 5.91 Å². The van der Waals surface area contributed by atoms with E-state index in [0.29, 0.717) is 29.5 Å². The number of aromatic hydroxyl groups is 1. The zero-order valence-electron chi connectivity index (χ0n) is 16.7. The number of para-hydroxylation sites is 1. The highest BCUT2D eigenvalue weighted by Crippen LogP contribution is 2.26. The summed E-state index contributed by atoms with van der Waals surface area (Å²) in [6.45, 7) is 2.31. The number of rotatable bonds is 5.